The van der Waals surface area contributed by atoms with E-state index in [9.17, 15) is 13.2 Å². The molecule has 8 heteroatoms. The van der Waals surface area contributed by atoms with Crippen molar-refractivity contribution < 1.29 is 17.9 Å². The largest absolute Gasteiger partial charge is 0.378 e. The predicted molar refractivity (Wildman–Crippen MR) is 73.3 cm³/mol. The van der Waals surface area contributed by atoms with Gasteiger partial charge < -0.3 is 10.1 Å². The first-order valence-corrected chi connectivity index (χ1v) is 9.04. The molecule has 0 bridgehead atoms. The maximum atomic E-state index is 11.9. The molecule has 1 aliphatic carbocycles. The molecule has 1 aliphatic rings. The summed E-state index contributed by atoms with van der Waals surface area (Å²) in [4.78, 5) is 11.9. The lowest BCUT2D eigenvalue weighted by Crippen LogP contribution is -2.47. The van der Waals surface area contributed by atoms with E-state index in [-0.39, 0.29) is 22.3 Å². The minimum atomic E-state index is -3.76. The predicted octanol–water partition coefficient (Wildman–Crippen LogP) is 1.97. The van der Waals surface area contributed by atoms with Crippen molar-refractivity contribution in [2.45, 2.75) is 36.1 Å². The van der Waals surface area contributed by atoms with Crippen LogP contribution in [0.15, 0.2) is 15.7 Å². The van der Waals surface area contributed by atoms with Gasteiger partial charge in [-0.25, -0.2) is 8.42 Å². The van der Waals surface area contributed by atoms with Gasteiger partial charge in [-0.1, -0.05) is 0 Å². The number of ether oxygens (including phenoxy) is 1. The van der Waals surface area contributed by atoms with Gasteiger partial charge in [-0.05, 0) is 25.8 Å². The van der Waals surface area contributed by atoms with Gasteiger partial charge in [0.2, 0.25) is 0 Å². The van der Waals surface area contributed by atoms with Gasteiger partial charge in [-0.2, -0.15) is 0 Å². The van der Waals surface area contributed by atoms with Gasteiger partial charge in [0, 0.05) is 28.7 Å². The third-order valence-corrected chi connectivity index (χ3v) is 5.95. The van der Waals surface area contributed by atoms with Crippen molar-refractivity contribution in [3.05, 3.63) is 17.0 Å². The van der Waals surface area contributed by atoms with Crippen molar-refractivity contribution in [1.82, 2.24) is 5.32 Å². The van der Waals surface area contributed by atoms with E-state index >= 15 is 0 Å². The topological polar surface area (TPSA) is 72.5 Å². The Morgan fingerprint density at radius 3 is 2.79 bits per heavy atom. The van der Waals surface area contributed by atoms with Crippen LogP contribution in [0.1, 0.15) is 30.1 Å². The lowest BCUT2D eigenvalue weighted by atomic mass is 9.89. The van der Waals surface area contributed by atoms with Crippen LogP contribution < -0.4 is 5.32 Å². The second kappa shape index (κ2) is 5.78. The van der Waals surface area contributed by atoms with Crippen LogP contribution in [0.25, 0.3) is 0 Å². The molecule has 0 aromatic carbocycles. The molecule has 1 saturated carbocycles. The van der Waals surface area contributed by atoms with Gasteiger partial charge in [-0.15, -0.1) is 11.3 Å². The molecule has 1 N–H and O–H groups in total. The van der Waals surface area contributed by atoms with Crippen molar-refractivity contribution in [1.29, 1.82) is 0 Å². The highest BCUT2D eigenvalue weighted by Crippen LogP contribution is 2.26. The van der Waals surface area contributed by atoms with E-state index in [2.05, 4.69) is 5.32 Å². The molecular weight excluding hydrogens is 310 g/mol. The van der Waals surface area contributed by atoms with Gasteiger partial charge in [0.25, 0.3) is 15.0 Å². The summed E-state index contributed by atoms with van der Waals surface area (Å²) < 4.78 is 27.6. The van der Waals surface area contributed by atoms with Crippen LogP contribution >= 0.6 is 22.0 Å². The third kappa shape index (κ3) is 3.68. The van der Waals surface area contributed by atoms with Gasteiger partial charge in [0.05, 0.1) is 11.7 Å². The summed E-state index contributed by atoms with van der Waals surface area (Å²) in [6.45, 7) is 2.61. The third-order valence-electron chi connectivity index (χ3n) is 2.91. The molecule has 106 valence electrons. The van der Waals surface area contributed by atoms with Crippen molar-refractivity contribution in [2.75, 3.05) is 6.61 Å². The zero-order valence-electron chi connectivity index (χ0n) is 10.3. The zero-order valence-corrected chi connectivity index (χ0v) is 12.6. The number of carbonyl (C=O) groups excluding carboxylic acids is 1. The normalized spacial score (nSPS) is 22.8. The minimum absolute atomic E-state index is 0.0138. The second-order valence-electron chi connectivity index (χ2n) is 4.31. The summed E-state index contributed by atoms with van der Waals surface area (Å²) >= 11 is 0.941. The molecule has 1 heterocycles. The number of rotatable bonds is 5. The smallest absolute Gasteiger partial charge is 0.270 e. The van der Waals surface area contributed by atoms with E-state index in [1.54, 1.807) is 0 Å². The van der Waals surface area contributed by atoms with Crippen LogP contribution in [0, 0.1) is 0 Å². The average Bonchev–Trinajstić information content (AvgIpc) is 2.74. The van der Waals surface area contributed by atoms with Crippen LogP contribution in [-0.4, -0.2) is 33.1 Å². The number of thiophene rings is 1. The maximum Gasteiger partial charge on any atom is 0.270 e. The number of hydrogen-bond acceptors (Lipinski definition) is 5. The molecule has 0 unspecified atom stereocenters. The quantitative estimate of drug-likeness (QED) is 0.841. The van der Waals surface area contributed by atoms with Crippen LogP contribution in [0.2, 0.25) is 0 Å². The average molecular weight is 324 g/mol. The molecule has 1 aromatic heterocycles. The highest BCUT2D eigenvalue weighted by atomic mass is 35.7. The first-order valence-electron chi connectivity index (χ1n) is 5.85. The number of nitrogens with one attached hydrogen (secondary N) is 1. The molecular formula is C11H14ClNO4S2. The lowest BCUT2D eigenvalue weighted by Gasteiger charge is -2.35. The first kappa shape index (κ1) is 14.8. The lowest BCUT2D eigenvalue weighted by molar-refractivity contribution is -0.00862. The van der Waals surface area contributed by atoms with Gasteiger partial charge in [-0.3, -0.25) is 4.79 Å². The summed E-state index contributed by atoms with van der Waals surface area (Å²) in [5.74, 6) is -0.275. The molecule has 1 amide bonds. The molecule has 0 radical (unpaired) electrons. The summed E-state index contributed by atoms with van der Waals surface area (Å²) in [5, 5.41) is 4.33. The highest BCUT2D eigenvalue weighted by molar-refractivity contribution is 8.15. The molecule has 0 aliphatic heterocycles. The van der Waals surface area contributed by atoms with E-state index in [1.165, 1.54) is 11.4 Å². The van der Waals surface area contributed by atoms with E-state index < -0.39 is 9.05 Å². The first-order chi connectivity index (χ1) is 8.90. The van der Waals surface area contributed by atoms with Gasteiger partial charge in [0.15, 0.2) is 0 Å². The van der Waals surface area contributed by atoms with Crippen LogP contribution in [0.3, 0.4) is 0 Å². The van der Waals surface area contributed by atoms with E-state index in [4.69, 9.17) is 15.4 Å². The molecule has 0 saturated heterocycles. The minimum Gasteiger partial charge on any atom is -0.378 e. The Labute approximate surface area is 120 Å². The fourth-order valence-electron chi connectivity index (χ4n) is 1.89. The molecule has 19 heavy (non-hydrogen) atoms. The summed E-state index contributed by atoms with van der Waals surface area (Å²) in [6, 6.07) is 1.39. The summed E-state index contributed by atoms with van der Waals surface area (Å²) in [5.41, 5.74) is 0.323. The number of halogens is 1. The fourth-order valence-corrected chi connectivity index (χ4v) is 3.83. The van der Waals surface area contributed by atoms with Crippen molar-refractivity contribution in [3.63, 3.8) is 0 Å². The fraction of sp³-hybridized carbons (Fsp3) is 0.545. The van der Waals surface area contributed by atoms with Gasteiger partial charge >= 0.3 is 0 Å². The maximum absolute atomic E-state index is 11.9. The highest BCUT2D eigenvalue weighted by Gasteiger charge is 2.31. The monoisotopic (exact) mass is 323 g/mol. The van der Waals surface area contributed by atoms with Crippen molar-refractivity contribution in [3.8, 4) is 0 Å². The van der Waals surface area contributed by atoms with Crippen LogP contribution in [0.4, 0.5) is 0 Å². The Hall–Kier alpha value is -0.630. The molecule has 1 aromatic rings. The summed E-state index contributed by atoms with van der Waals surface area (Å²) in [6.07, 6.45) is 1.81. The molecule has 5 nitrogen and oxygen atoms in total. The Morgan fingerprint density at radius 1 is 1.58 bits per heavy atom. The van der Waals surface area contributed by atoms with Crippen LogP contribution in [-0.2, 0) is 13.8 Å². The Morgan fingerprint density at radius 2 is 2.26 bits per heavy atom. The van der Waals surface area contributed by atoms with E-state index in [1.807, 2.05) is 6.92 Å². The molecule has 2 rings (SSSR count). The van der Waals surface area contributed by atoms with Gasteiger partial charge in [0.1, 0.15) is 4.21 Å². The Balaban J connectivity index is 1.89. The van der Waals surface area contributed by atoms with Crippen molar-refractivity contribution in [2.24, 2.45) is 0 Å². The Kier molecular flexibility index (Phi) is 4.50. The zero-order chi connectivity index (χ0) is 14.0. The number of hydrogen-bond donors (Lipinski definition) is 1. The molecule has 0 atom stereocenters. The van der Waals surface area contributed by atoms with E-state index in [0.717, 1.165) is 24.2 Å². The molecule has 0 spiro atoms. The SMILES string of the molecule is CCOC1CC(NC(=O)c2csc(S(=O)(=O)Cl)c2)C1. The second-order valence-corrected chi connectivity index (χ2v) is 8.02. The Bertz CT molecular complexity index is 563. The molecule has 1 fully saturated rings. The van der Waals surface area contributed by atoms with Crippen LogP contribution in [0.5, 0.6) is 0 Å². The van der Waals surface area contributed by atoms with E-state index in [0.29, 0.717) is 12.2 Å². The number of carbonyl (C=O) groups is 1. The standard InChI is InChI=1S/C11H14ClNO4S2/c1-2-17-9-4-8(5-9)13-11(14)7-3-10(18-6-7)19(12,15)16/h3,6,8-9H,2,4-5H2,1H3,(H,13,14). The van der Waals surface area contributed by atoms with Crippen molar-refractivity contribution >= 4 is 37.0 Å². The number of amides is 1. The summed E-state index contributed by atoms with van der Waals surface area (Å²) in [7, 11) is 1.45.